The van der Waals surface area contributed by atoms with Gasteiger partial charge >= 0.3 is 0 Å². The number of amides is 1. The second-order valence-electron chi connectivity index (χ2n) is 4.11. The molecule has 0 aliphatic heterocycles. The van der Waals surface area contributed by atoms with Crippen LogP contribution in [0.15, 0.2) is 40.6 Å². The Hall–Kier alpha value is -0.680. The highest BCUT2D eigenvalue weighted by Gasteiger charge is 2.17. The molecular formula is C14H13Cl2NOS2. The number of rotatable bonds is 5. The predicted molar refractivity (Wildman–Crippen MR) is 87.9 cm³/mol. The van der Waals surface area contributed by atoms with Gasteiger partial charge in [0.25, 0.3) is 0 Å². The van der Waals surface area contributed by atoms with Gasteiger partial charge in [0.05, 0.1) is 21.8 Å². The number of hydrogen-bond acceptors (Lipinski definition) is 3. The van der Waals surface area contributed by atoms with Gasteiger partial charge in [0, 0.05) is 9.77 Å². The van der Waals surface area contributed by atoms with Crippen LogP contribution >= 0.6 is 46.3 Å². The smallest absolute Gasteiger partial charge is 0.233 e. The second kappa shape index (κ2) is 7.36. The number of thioether (sulfide) groups is 1. The lowest BCUT2D eigenvalue weighted by Crippen LogP contribution is -2.30. The molecule has 1 N–H and O–H groups in total. The lowest BCUT2D eigenvalue weighted by molar-refractivity contribution is -0.120. The van der Waals surface area contributed by atoms with Crippen LogP contribution in [0.3, 0.4) is 0 Å². The van der Waals surface area contributed by atoms with E-state index in [-0.39, 0.29) is 11.2 Å². The largest absolute Gasteiger partial charge is 0.350 e. The van der Waals surface area contributed by atoms with Crippen molar-refractivity contribution in [2.45, 2.75) is 23.6 Å². The molecule has 2 aromatic rings. The minimum absolute atomic E-state index is 0.0283. The average molecular weight is 346 g/mol. The molecule has 0 bridgehead atoms. The Morgan fingerprint density at radius 3 is 2.60 bits per heavy atom. The molecule has 106 valence electrons. The van der Waals surface area contributed by atoms with Gasteiger partial charge in [-0.1, -0.05) is 35.3 Å². The van der Waals surface area contributed by atoms with Crippen LogP contribution in [-0.2, 0) is 11.3 Å². The third-order valence-corrected chi connectivity index (χ3v) is 5.57. The van der Waals surface area contributed by atoms with Gasteiger partial charge in [0.15, 0.2) is 0 Å². The van der Waals surface area contributed by atoms with E-state index in [0.29, 0.717) is 16.6 Å². The van der Waals surface area contributed by atoms with Gasteiger partial charge in [-0.05, 0) is 30.5 Å². The van der Waals surface area contributed by atoms with Crippen LogP contribution in [0.4, 0.5) is 0 Å². The molecule has 0 unspecified atom stereocenters. The van der Waals surface area contributed by atoms with Crippen LogP contribution < -0.4 is 5.32 Å². The molecule has 2 rings (SSSR count). The summed E-state index contributed by atoms with van der Waals surface area (Å²) in [4.78, 5) is 13.9. The molecule has 0 spiro atoms. The highest BCUT2D eigenvalue weighted by Crippen LogP contribution is 2.36. The summed E-state index contributed by atoms with van der Waals surface area (Å²) in [5.74, 6) is -0.0283. The maximum atomic E-state index is 12.1. The first-order valence-electron chi connectivity index (χ1n) is 5.98. The van der Waals surface area contributed by atoms with Gasteiger partial charge in [0.1, 0.15) is 0 Å². The van der Waals surface area contributed by atoms with Crippen molar-refractivity contribution in [2.24, 2.45) is 0 Å². The molecule has 20 heavy (non-hydrogen) atoms. The topological polar surface area (TPSA) is 29.1 Å². The molecule has 2 nitrogen and oxygen atoms in total. The SMILES string of the molecule is C[C@@H](Sc1c(Cl)cccc1Cl)C(=O)NCc1cccs1. The van der Waals surface area contributed by atoms with E-state index in [1.807, 2.05) is 24.4 Å². The van der Waals surface area contributed by atoms with Gasteiger partial charge in [-0.15, -0.1) is 23.1 Å². The first-order chi connectivity index (χ1) is 9.58. The summed E-state index contributed by atoms with van der Waals surface area (Å²) >= 11 is 15.2. The molecule has 6 heteroatoms. The quantitative estimate of drug-likeness (QED) is 0.784. The van der Waals surface area contributed by atoms with E-state index >= 15 is 0 Å². The summed E-state index contributed by atoms with van der Waals surface area (Å²) < 4.78 is 0. The van der Waals surface area contributed by atoms with E-state index in [1.165, 1.54) is 11.8 Å². The Morgan fingerprint density at radius 1 is 1.30 bits per heavy atom. The number of nitrogens with one attached hydrogen (secondary N) is 1. The number of carbonyl (C=O) groups excluding carboxylic acids is 1. The van der Waals surface area contributed by atoms with Crippen molar-refractivity contribution < 1.29 is 4.79 Å². The molecule has 1 atom stereocenters. The number of carbonyl (C=O) groups is 1. The van der Waals surface area contributed by atoms with Crippen molar-refractivity contribution in [1.82, 2.24) is 5.32 Å². The zero-order valence-electron chi connectivity index (χ0n) is 10.7. The van der Waals surface area contributed by atoms with Crippen molar-refractivity contribution in [2.75, 3.05) is 0 Å². The van der Waals surface area contributed by atoms with Crippen LogP contribution in [0, 0.1) is 0 Å². The van der Waals surface area contributed by atoms with Gasteiger partial charge in [0.2, 0.25) is 5.91 Å². The van der Waals surface area contributed by atoms with Gasteiger partial charge < -0.3 is 5.32 Å². The first kappa shape index (κ1) is 15.7. The predicted octanol–water partition coefficient (Wildman–Crippen LogP) is 4.85. The minimum Gasteiger partial charge on any atom is -0.350 e. The van der Waals surface area contributed by atoms with Crippen molar-refractivity contribution in [1.29, 1.82) is 0 Å². The van der Waals surface area contributed by atoms with Crippen molar-refractivity contribution in [3.8, 4) is 0 Å². The Labute approximate surface area is 136 Å². The minimum atomic E-state index is -0.257. The molecule has 0 radical (unpaired) electrons. The fraction of sp³-hybridized carbons (Fsp3) is 0.214. The van der Waals surface area contributed by atoms with Gasteiger partial charge in [-0.25, -0.2) is 0 Å². The van der Waals surface area contributed by atoms with Crippen LogP contribution in [0.2, 0.25) is 10.0 Å². The molecular weight excluding hydrogens is 333 g/mol. The second-order valence-corrected chi connectivity index (χ2v) is 7.31. The van der Waals surface area contributed by atoms with Gasteiger partial charge in [-0.2, -0.15) is 0 Å². The maximum absolute atomic E-state index is 12.1. The van der Waals surface area contributed by atoms with Crippen LogP contribution in [0.25, 0.3) is 0 Å². The molecule has 0 saturated heterocycles. The summed E-state index contributed by atoms with van der Waals surface area (Å²) in [6.07, 6.45) is 0. The molecule has 1 heterocycles. The fourth-order valence-corrected chi connectivity index (χ4v) is 3.77. The highest BCUT2D eigenvalue weighted by atomic mass is 35.5. The maximum Gasteiger partial charge on any atom is 0.233 e. The van der Waals surface area contributed by atoms with Crippen LogP contribution in [0.5, 0.6) is 0 Å². The summed E-state index contributed by atoms with van der Waals surface area (Å²) in [7, 11) is 0. The normalized spacial score (nSPS) is 12.2. The monoisotopic (exact) mass is 345 g/mol. The molecule has 1 aromatic carbocycles. The van der Waals surface area contributed by atoms with Crippen LogP contribution in [0.1, 0.15) is 11.8 Å². The van der Waals surface area contributed by atoms with E-state index in [4.69, 9.17) is 23.2 Å². The number of thiophene rings is 1. The molecule has 1 amide bonds. The molecule has 0 saturated carbocycles. The number of hydrogen-bond donors (Lipinski definition) is 1. The van der Waals surface area contributed by atoms with Crippen LogP contribution in [-0.4, -0.2) is 11.2 Å². The third kappa shape index (κ3) is 4.16. The molecule has 0 aliphatic rings. The zero-order valence-corrected chi connectivity index (χ0v) is 13.9. The average Bonchev–Trinajstić information content (AvgIpc) is 2.93. The summed E-state index contributed by atoms with van der Waals surface area (Å²) in [5, 5.41) is 5.78. The summed E-state index contributed by atoms with van der Waals surface area (Å²) in [6.45, 7) is 2.39. The highest BCUT2D eigenvalue weighted by molar-refractivity contribution is 8.00. The van der Waals surface area contributed by atoms with Crippen molar-refractivity contribution >= 4 is 52.2 Å². The van der Waals surface area contributed by atoms with E-state index < -0.39 is 0 Å². The molecule has 1 aromatic heterocycles. The summed E-state index contributed by atoms with van der Waals surface area (Å²) in [6, 6.07) is 9.29. The van der Waals surface area contributed by atoms with E-state index in [9.17, 15) is 4.79 Å². The zero-order chi connectivity index (χ0) is 14.5. The van der Waals surface area contributed by atoms with Gasteiger partial charge in [-0.3, -0.25) is 4.79 Å². The standard InChI is InChI=1S/C14H13Cl2NOS2/c1-9(14(18)17-8-10-4-3-7-19-10)20-13-11(15)5-2-6-12(13)16/h2-7,9H,8H2,1H3,(H,17,18)/t9-/m1/s1. The Morgan fingerprint density at radius 2 is 2.00 bits per heavy atom. The lowest BCUT2D eigenvalue weighted by atomic mass is 10.4. The first-order valence-corrected chi connectivity index (χ1v) is 8.50. The van der Waals surface area contributed by atoms with Crippen molar-refractivity contribution in [3.63, 3.8) is 0 Å². The molecule has 0 fully saturated rings. The Balaban J connectivity index is 1.94. The number of benzene rings is 1. The van der Waals surface area contributed by atoms with E-state index in [0.717, 1.165) is 9.77 Å². The van der Waals surface area contributed by atoms with E-state index in [1.54, 1.807) is 29.5 Å². The fourth-order valence-electron chi connectivity index (χ4n) is 1.56. The Bertz CT molecular complexity index is 567. The molecule has 0 aliphatic carbocycles. The van der Waals surface area contributed by atoms with Crippen molar-refractivity contribution in [3.05, 3.63) is 50.6 Å². The Kier molecular flexibility index (Phi) is 5.78. The lowest BCUT2D eigenvalue weighted by Gasteiger charge is -2.13. The number of halogens is 2. The third-order valence-electron chi connectivity index (χ3n) is 2.60. The van der Waals surface area contributed by atoms with E-state index in [2.05, 4.69) is 5.32 Å². The summed E-state index contributed by atoms with van der Waals surface area (Å²) in [5.41, 5.74) is 0.